The van der Waals surface area contributed by atoms with Gasteiger partial charge < -0.3 is 14.9 Å². The smallest absolute Gasteiger partial charge is 0.420 e. The van der Waals surface area contributed by atoms with Crippen molar-refractivity contribution in [3.8, 4) is 0 Å². The molecular formula is C16H21F3N2O2. The summed E-state index contributed by atoms with van der Waals surface area (Å²) in [5.41, 5.74) is 4.95. The number of alkyl halides is 3. The summed E-state index contributed by atoms with van der Waals surface area (Å²) in [7, 11) is 0. The lowest BCUT2D eigenvalue weighted by Gasteiger charge is -2.08. The summed E-state index contributed by atoms with van der Waals surface area (Å²) >= 11 is 0. The molecule has 2 heterocycles. The van der Waals surface area contributed by atoms with Crippen LogP contribution in [-0.4, -0.2) is 18.2 Å². The summed E-state index contributed by atoms with van der Waals surface area (Å²) in [6.45, 7) is 5.65. The van der Waals surface area contributed by atoms with Gasteiger partial charge in [-0.05, 0) is 30.5 Å². The van der Waals surface area contributed by atoms with Gasteiger partial charge in [0.1, 0.15) is 11.1 Å². The Balaban J connectivity index is 0.000000326. The maximum Gasteiger partial charge on any atom is 0.420 e. The van der Waals surface area contributed by atoms with Crippen LogP contribution < -0.4 is 5.73 Å². The molecule has 1 aromatic heterocycles. The third-order valence-corrected chi connectivity index (χ3v) is 3.43. The fourth-order valence-electron chi connectivity index (χ4n) is 2.19. The Labute approximate surface area is 132 Å². The molecule has 0 amide bonds. The molecule has 1 aromatic carbocycles. The maximum absolute atomic E-state index is 12.9. The standard InChI is InChI=1S/C12H13F3N2O.C4H8O/c1-6(2)11-17-9-4-7(5-16)3-8(10(9)18-11)12(13,14)15;1-2-4-5-3-1/h3-4,6H,5,16H2,1-2H3;1-4H2. The van der Waals surface area contributed by atoms with E-state index < -0.39 is 11.7 Å². The van der Waals surface area contributed by atoms with Crippen LogP contribution in [0.3, 0.4) is 0 Å². The van der Waals surface area contributed by atoms with Gasteiger partial charge in [0.2, 0.25) is 0 Å². The van der Waals surface area contributed by atoms with Crippen LogP contribution in [-0.2, 0) is 17.5 Å². The number of hydrogen-bond acceptors (Lipinski definition) is 4. The largest absolute Gasteiger partial charge is 0.440 e. The van der Waals surface area contributed by atoms with Crippen LogP contribution in [0.15, 0.2) is 16.5 Å². The number of nitrogens with zero attached hydrogens (tertiary/aromatic N) is 1. The van der Waals surface area contributed by atoms with Gasteiger partial charge in [0.25, 0.3) is 0 Å². The molecule has 1 fully saturated rings. The highest BCUT2D eigenvalue weighted by Crippen LogP contribution is 2.36. The lowest BCUT2D eigenvalue weighted by atomic mass is 10.1. The third-order valence-electron chi connectivity index (χ3n) is 3.43. The first-order valence-electron chi connectivity index (χ1n) is 7.61. The van der Waals surface area contributed by atoms with Crippen molar-refractivity contribution < 1.29 is 22.3 Å². The molecule has 3 rings (SSSR count). The molecule has 128 valence electrons. The molecule has 1 aliphatic rings. The zero-order valence-corrected chi connectivity index (χ0v) is 13.2. The molecule has 0 saturated carbocycles. The van der Waals surface area contributed by atoms with Gasteiger partial charge in [0, 0.05) is 25.7 Å². The van der Waals surface area contributed by atoms with Crippen molar-refractivity contribution in [3.05, 3.63) is 29.2 Å². The minimum absolute atomic E-state index is 0.0306. The number of hydrogen-bond donors (Lipinski definition) is 1. The second kappa shape index (κ2) is 7.31. The van der Waals surface area contributed by atoms with E-state index in [2.05, 4.69) is 4.98 Å². The highest BCUT2D eigenvalue weighted by atomic mass is 19.4. The molecule has 0 aliphatic carbocycles. The Morgan fingerprint density at radius 1 is 1.22 bits per heavy atom. The monoisotopic (exact) mass is 330 g/mol. The molecule has 0 spiro atoms. The van der Waals surface area contributed by atoms with Crippen LogP contribution >= 0.6 is 0 Å². The van der Waals surface area contributed by atoms with Gasteiger partial charge >= 0.3 is 6.18 Å². The molecule has 4 nitrogen and oxygen atoms in total. The molecule has 0 unspecified atom stereocenters. The van der Waals surface area contributed by atoms with Crippen molar-refractivity contribution in [1.29, 1.82) is 0 Å². The van der Waals surface area contributed by atoms with E-state index in [0.717, 1.165) is 19.3 Å². The Morgan fingerprint density at radius 2 is 1.87 bits per heavy atom. The summed E-state index contributed by atoms with van der Waals surface area (Å²) in [5, 5.41) is 0. The average molecular weight is 330 g/mol. The molecule has 1 saturated heterocycles. The number of fused-ring (bicyclic) bond motifs is 1. The highest BCUT2D eigenvalue weighted by Gasteiger charge is 2.35. The normalized spacial score (nSPS) is 15.1. The minimum Gasteiger partial charge on any atom is -0.440 e. The second-order valence-electron chi connectivity index (χ2n) is 5.72. The number of oxazole rings is 1. The van der Waals surface area contributed by atoms with Crippen molar-refractivity contribution >= 4 is 11.1 Å². The number of nitrogens with two attached hydrogens (primary N) is 1. The Bertz CT molecular complexity index is 639. The molecule has 7 heteroatoms. The van der Waals surface area contributed by atoms with E-state index in [1.807, 2.05) is 13.8 Å². The molecular weight excluding hydrogens is 309 g/mol. The van der Waals surface area contributed by atoms with E-state index in [9.17, 15) is 13.2 Å². The fraction of sp³-hybridized carbons (Fsp3) is 0.562. The van der Waals surface area contributed by atoms with Crippen molar-refractivity contribution in [2.24, 2.45) is 5.73 Å². The first-order valence-corrected chi connectivity index (χ1v) is 7.61. The molecule has 23 heavy (non-hydrogen) atoms. The SMILES string of the molecule is C1CCOC1.CC(C)c1nc2cc(CN)cc(C(F)(F)F)c2o1. The summed E-state index contributed by atoms with van der Waals surface area (Å²) < 4.78 is 48.9. The van der Waals surface area contributed by atoms with Crippen LogP contribution in [0.2, 0.25) is 0 Å². The van der Waals surface area contributed by atoms with Crippen LogP contribution in [0.25, 0.3) is 11.1 Å². The lowest BCUT2D eigenvalue weighted by molar-refractivity contribution is -0.136. The van der Waals surface area contributed by atoms with Gasteiger partial charge in [0.15, 0.2) is 11.5 Å². The topological polar surface area (TPSA) is 61.3 Å². The summed E-state index contributed by atoms with van der Waals surface area (Å²) in [6, 6.07) is 2.54. The van der Waals surface area contributed by atoms with E-state index in [1.165, 1.54) is 18.9 Å². The molecule has 2 aromatic rings. The quantitative estimate of drug-likeness (QED) is 0.895. The van der Waals surface area contributed by atoms with Crippen molar-refractivity contribution in [3.63, 3.8) is 0 Å². The number of benzene rings is 1. The Morgan fingerprint density at radius 3 is 2.30 bits per heavy atom. The van der Waals surface area contributed by atoms with Crippen LogP contribution in [0.4, 0.5) is 13.2 Å². The summed E-state index contributed by atoms with van der Waals surface area (Å²) in [4.78, 5) is 4.07. The maximum atomic E-state index is 12.9. The predicted molar refractivity (Wildman–Crippen MR) is 81.0 cm³/mol. The van der Waals surface area contributed by atoms with Gasteiger partial charge in [-0.2, -0.15) is 13.2 Å². The van der Waals surface area contributed by atoms with Crippen molar-refractivity contribution in [2.45, 2.75) is 45.3 Å². The van der Waals surface area contributed by atoms with E-state index in [4.69, 9.17) is 14.9 Å². The lowest BCUT2D eigenvalue weighted by Crippen LogP contribution is -2.07. The van der Waals surface area contributed by atoms with Gasteiger partial charge in [-0.15, -0.1) is 0 Å². The summed E-state index contributed by atoms with van der Waals surface area (Å²) in [6.07, 6.45) is -1.92. The fourth-order valence-corrected chi connectivity index (χ4v) is 2.19. The van der Waals surface area contributed by atoms with Gasteiger partial charge in [0.05, 0.1) is 0 Å². The van der Waals surface area contributed by atoms with E-state index in [1.54, 1.807) is 0 Å². The summed E-state index contributed by atoms with van der Waals surface area (Å²) in [5.74, 6) is 0.226. The highest BCUT2D eigenvalue weighted by molar-refractivity contribution is 5.78. The van der Waals surface area contributed by atoms with E-state index in [0.29, 0.717) is 11.5 Å². The van der Waals surface area contributed by atoms with Crippen LogP contribution in [0, 0.1) is 0 Å². The van der Waals surface area contributed by atoms with E-state index >= 15 is 0 Å². The number of rotatable bonds is 2. The molecule has 0 bridgehead atoms. The minimum atomic E-state index is -4.47. The molecule has 0 radical (unpaired) electrons. The van der Waals surface area contributed by atoms with Crippen molar-refractivity contribution in [1.82, 2.24) is 4.98 Å². The zero-order chi connectivity index (χ0) is 17.0. The average Bonchev–Trinajstić information content (AvgIpc) is 3.17. The predicted octanol–water partition coefficient (Wildman–Crippen LogP) is 4.23. The van der Waals surface area contributed by atoms with E-state index in [-0.39, 0.29) is 23.6 Å². The van der Waals surface area contributed by atoms with Gasteiger partial charge in [-0.25, -0.2) is 4.98 Å². The Hall–Kier alpha value is -1.60. The molecule has 2 N–H and O–H groups in total. The molecule has 0 atom stereocenters. The first-order chi connectivity index (χ1) is 10.8. The van der Waals surface area contributed by atoms with Crippen LogP contribution in [0.5, 0.6) is 0 Å². The number of ether oxygens (including phenoxy) is 1. The first kappa shape index (κ1) is 17.7. The number of aromatic nitrogens is 1. The molecule has 1 aliphatic heterocycles. The Kier molecular flexibility index (Phi) is 5.64. The van der Waals surface area contributed by atoms with Crippen LogP contribution in [0.1, 0.15) is 49.6 Å². The third kappa shape index (κ3) is 4.45. The number of halogens is 3. The van der Waals surface area contributed by atoms with Gasteiger partial charge in [-0.1, -0.05) is 13.8 Å². The zero-order valence-electron chi connectivity index (χ0n) is 13.2. The van der Waals surface area contributed by atoms with Crippen molar-refractivity contribution in [2.75, 3.05) is 13.2 Å². The van der Waals surface area contributed by atoms with Gasteiger partial charge in [-0.3, -0.25) is 0 Å². The second-order valence-corrected chi connectivity index (χ2v) is 5.72.